The van der Waals surface area contributed by atoms with Gasteiger partial charge in [0.05, 0.1) is 23.3 Å². The molecule has 142 valence electrons. The molecule has 2 aromatic rings. The van der Waals surface area contributed by atoms with Crippen LogP contribution in [0.3, 0.4) is 0 Å². The lowest BCUT2D eigenvalue weighted by atomic mass is 9.97. The third-order valence-electron chi connectivity index (χ3n) is 4.35. The molecule has 0 aromatic heterocycles. The Hall–Kier alpha value is -2.74. The van der Waals surface area contributed by atoms with E-state index in [2.05, 4.69) is 0 Å². The number of esters is 2. The van der Waals surface area contributed by atoms with E-state index in [1.165, 1.54) is 0 Å². The maximum atomic E-state index is 12.4. The Morgan fingerprint density at radius 2 is 1.33 bits per heavy atom. The van der Waals surface area contributed by atoms with Gasteiger partial charge in [0.1, 0.15) is 0 Å². The molecule has 2 aromatic carbocycles. The van der Waals surface area contributed by atoms with Crippen LogP contribution in [-0.2, 0) is 14.2 Å². The van der Waals surface area contributed by atoms with Gasteiger partial charge in [-0.15, -0.1) is 0 Å². The van der Waals surface area contributed by atoms with Crippen molar-refractivity contribution in [1.82, 2.24) is 0 Å². The van der Waals surface area contributed by atoms with Crippen molar-refractivity contribution in [3.63, 3.8) is 0 Å². The van der Waals surface area contributed by atoms with Gasteiger partial charge in [-0.3, -0.25) is 0 Å². The summed E-state index contributed by atoms with van der Waals surface area (Å²) in [4.78, 5) is 24.9. The summed E-state index contributed by atoms with van der Waals surface area (Å²) in [6.45, 7) is 1.61. The molecular formula is C20H21NO6. The lowest BCUT2D eigenvalue weighted by Gasteiger charge is -2.41. The molecule has 5 atom stereocenters. The highest BCUT2D eigenvalue weighted by atomic mass is 16.7. The number of ether oxygens (including phenoxy) is 3. The van der Waals surface area contributed by atoms with Crippen LogP contribution in [0.1, 0.15) is 27.6 Å². The summed E-state index contributed by atoms with van der Waals surface area (Å²) >= 11 is 0. The fourth-order valence-electron chi connectivity index (χ4n) is 2.88. The van der Waals surface area contributed by atoms with Crippen molar-refractivity contribution in [3.8, 4) is 0 Å². The van der Waals surface area contributed by atoms with E-state index in [0.29, 0.717) is 11.1 Å². The van der Waals surface area contributed by atoms with Crippen molar-refractivity contribution < 1.29 is 28.9 Å². The second-order valence-corrected chi connectivity index (χ2v) is 6.28. The molecule has 1 fully saturated rings. The number of benzene rings is 2. The minimum atomic E-state index is -1.35. The predicted molar refractivity (Wildman–Crippen MR) is 95.8 cm³/mol. The Labute approximate surface area is 156 Å². The molecule has 0 spiro atoms. The van der Waals surface area contributed by atoms with Crippen LogP contribution in [0, 0.1) is 0 Å². The van der Waals surface area contributed by atoms with Gasteiger partial charge in [-0.05, 0) is 31.2 Å². The number of carbonyl (C=O) groups is 2. The van der Waals surface area contributed by atoms with Crippen LogP contribution in [-0.4, -0.2) is 47.7 Å². The monoisotopic (exact) mass is 371 g/mol. The van der Waals surface area contributed by atoms with Crippen molar-refractivity contribution in [2.75, 3.05) is 0 Å². The van der Waals surface area contributed by atoms with Gasteiger partial charge in [0, 0.05) is 0 Å². The van der Waals surface area contributed by atoms with E-state index in [-0.39, 0.29) is 0 Å². The highest BCUT2D eigenvalue weighted by Gasteiger charge is 2.46. The number of nitrogens with two attached hydrogens (primary N) is 1. The summed E-state index contributed by atoms with van der Waals surface area (Å²) in [6, 6.07) is 15.7. The zero-order valence-electron chi connectivity index (χ0n) is 14.7. The first-order chi connectivity index (χ1) is 13.0. The Kier molecular flexibility index (Phi) is 5.85. The minimum Gasteiger partial charge on any atom is -0.453 e. The number of aliphatic hydroxyl groups excluding tert-OH is 1. The van der Waals surface area contributed by atoms with Crippen molar-refractivity contribution in [3.05, 3.63) is 71.8 Å². The Morgan fingerprint density at radius 3 is 1.81 bits per heavy atom. The molecule has 1 heterocycles. The summed E-state index contributed by atoms with van der Waals surface area (Å²) in [5.74, 6) is -1.22. The summed E-state index contributed by atoms with van der Waals surface area (Å²) in [6.07, 6.45) is -4.10. The maximum Gasteiger partial charge on any atom is 0.338 e. The molecule has 3 rings (SSSR count). The summed E-state index contributed by atoms with van der Waals surface area (Å²) in [5, 5.41) is 9.99. The van der Waals surface area contributed by atoms with Crippen LogP contribution >= 0.6 is 0 Å². The van der Waals surface area contributed by atoms with Gasteiger partial charge in [0.2, 0.25) is 0 Å². The average Bonchev–Trinajstić information content (AvgIpc) is 2.69. The molecule has 1 aliphatic heterocycles. The van der Waals surface area contributed by atoms with E-state index in [1.54, 1.807) is 67.6 Å². The van der Waals surface area contributed by atoms with Crippen molar-refractivity contribution >= 4 is 11.9 Å². The number of hydrogen-bond donors (Lipinski definition) is 2. The molecule has 7 nitrogen and oxygen atoms in total. The zero-order chi connectivity index (χ0) is 19.4. The third kappa shape index (κ3) is 4.33. The fourth-order valence-corrected chi connectivity index (χ4v) is 2.88. The molecule has 7 heteroatoms. The standard InChI is InChI=1S/C20H21NO6/c1-12-16(26-18(22)13-8-4-2-5-9-13)17(15(21)20(24)25-12)27-19(23)14-10-6-3-7-11-14/h2-12,15-17,20,24H,21H2,1H3/t12-,15-,16-,17-,20-/m0/s1. The second-order valence-electron chi connectivity index (χ2n) is 6.28. The van der Waals surface area contributed by atoms with Crippen LogP contribution in [0.5, 0.6) is 0 Å². The molecule has 1 saturated heterocycles. The number of rotatable bonds is 4. The van der Waals surface area contributed by atoms with E-state index >= 15 is 0 Å². The summed E-state index contributed by atoms with van der Waals surface area (Å²) < 4.78 is 16.4. The van der Waals surface area contributed by atoms with Gasteiger partial charge >= 0.3 is 11.9 Å². The lowest BCUT2D eigenvalue weighted by molar-refractivity contribution is -0.236. The molecule has 0 amide bonds. The average molecular weight is 371 g/mol. The summed E-state index contributed by atoms with van der Waals surface area (Å²) in [5.41, 5.74) is 6.64. The van der Waals surface area contributed by atoms with Crippen molar-refractivity contribution in [1.29, 1.82) is 0 Å². The van der Waals surface area contributed by atoms with Gasteiger partial charge in [-0.2, -0.15) is 0 Å². The maximum absolute atomic E-state index is 12.4. The number of aliphatic hydroxyl groups is 1. The highest BCUT2D eigenvalue weighted by Crippen LogP contribution is 2.25. The fraction of sp³-hybridized carbons (Fsp3) is 0.300. The lowest BCUT2D eigenvalue weighted by Crippen LogP contribution is -2.62. The molecule has 0 bridgehead atoms. The number of carbonyl (C=O) groups excluding carboxylic acids is 2. The topological polar surface area (TPSA) is 108 Å². The first-order valence-corrected chi connectivity index (χ1v) is 8.58. The van der Waals surface area contributed by atoms with E-state index in [0.717, 1.165) is 0 Å². The van der Waals surface area contributed by atoms with E-state index < -0.39 is 42.6 Å². The first-order valence-electron chi connectivity index (χ1n) is 8.58. The van der Waals surface area contributed by atoms with Gasteiger partial charge in [0.25, 0.3) is 0 Å². The largest absolute Gasteiger partial charge is 0.453 e. The SMILES string of the molecule is C[C@@H]1O[C@H](O)[C@@H](N)[C@H](OC(=O)c2ccccc2)[C@H]1OC(=O)c1ccccc1. The predicted octanol–water partition coefficient (Wildman–Crippen LogP) is 1.50. The van der Waals surface area contributed by atoms with E-state index in [9.17, 15) is 14.7 Å². The van der Waals surface area contributed by atoms with Gasteiger partial charge in [0.15, 0.2) is 18.5 Å². The van der Waals surface area contributed by atoms with Crippen LogP contribution in [0.15, 0.2) is 60.7 Å². The van der Waals surface area contributed by atoms with Crippen LogP contribution in [0.25, 0.3) is 0 Å². The smallest absolute Gasteiger partial charge is 0.338 e. The Bertz CT molecular complexity index is 782. The molecule has 27 heavy (non-hydrogen) atoms. The van der Waals surface area contributed by atoms with Gasteiger partial charge in [-0.1, -0.05) is 36.4 Å². The van der Waals surface area contributed by atoms with Gasteiger partial charge in [-0.25, -0.2) is 9.59 Å². The zero-order valence-corrected chi connectivity index (χ0v) is 14.7. The Morgan fingerprint density at radius 1 is 0.889 bits per heavy atom. The molecule has 1 aliphatic rings. The van der Waals surface area contributed by atoms with Crippen LogP contribution < -0.4 is 5.73 Å². The second kappa shape index (κ2) is 8.30. The summed E-state index contributed by atoms with van der Waals surface area (Å²) in [7, 11) is 0. The molecule has 0 radical (unpaired) electrons. The van der Waals surface area contributed by atoms with Crippen LogP contribution in [0.4, 0.5) is 0 Å². The molecule has 0 saturated carbocycles. The van der Waals surface area contributed by atoms with Crippen molar-refractivity contribution in [2.24, 2.45) is 5.73 Å². The highest BCUT2D eigenvalue weighted by molar-refractivity contribution is 5.90. The minimum absolute atomic E-state index is 0.325. The van der Waals surface area contributed by atoms with Crippen molar-refractivity contribution in [2.45, 2.75) is 37.6 Å². The molecular weight excluding hydrogens is 350 g/mol. The molecule has 0 aliphatic carbocycles. The normalized spacial score (nSPS) is 27.6. The Balaban J connectivity index is 1.80. The molecule has 0 unspecified atom stereocenters. The first kappa shape index (κ1) is 19.0. The van der Waals surface area contributed by atoms with Gasteiger partial charge < -0.3 is 25.1 Å². The quantitative estimate of drug-likeness (QED) is 0.784. The van der Waals surface area contributed by atoms with Crippen LogP contribution in [0.2, 0.25) is 0 Å². The third-order valence-corrected chi connectivity index (χ3v) is 4.35. The van der Waals surface area contributed by atoms with E-state index in [4.69, 9.17) is 19.9 Å². The van der Waals surface area contributed by atoms with E-state index in [1.807, 2.05) is 0 Å². The number of hydrogen-bond acceptors (Lipinski definition) is 7. The molecule has 3 N–H and O–H groups in total.